The second-order valence-corrected chi connectivity index (χ2v) is 3.05. The van der Waals surface area contributed by atoms with E-state index >= 15 is 0 Å². The molecular formula is C8H7BrFNO2. The number of nitrogens with one attached hydrogen (secondary N) is 1. The average molecular weight is 248 g/mol. The molecule has 0 amide bonds. The van der Waals surface area contributed by atoms with Crippen molar-refractivity contribution in [2.24, 2.45) is 0 Å². The lowest BCUT2D eigenvalue weighted by Crippen LogP contribution is -1.99. The molecule has 0 aromatic heterocycles. The second kappa shape index (κ2) is 4.23. The lowest BCUT2D eigenvalue weighted by atomic mass is 10.3. The van der Waals surface area contributed by atoms with Gasteiger partial charge < -0.3 is 10.1 Å². The summed E-state index contributed by atoms with van der Waals surface area (Å²) < 4.78 is 18.2. The maximum atomic E-state index is 13.1. The van der Waals surface area contributed by atoms with Gasteiger partial charge in [0.2, 0.25) is 0 Å². The number of carbonyl (C=O) groups is 1. The molecule has 0 saturated carbocycles. The van der Waals surface area contributed by atoms with Crippen LogP contribution in [0.15, 0.2) is 16.6 Å². The molecule has 5 heteroatoms. The monoisotopic (exact) mass is 247 g/mol. The van der Waals surface area contributed by atoms with Crippen LogP contribution in [-0.4, -0.2) is 13.5 Å². The van der Waals surface area contributed by atoms with Gasteiger partial charge in [0.25, 0.3) is 6.47 Å². The first-order valence-corrected chi connectivity index (χ1v) is 4.26. The van der Waals surface area contributed by atoms with Crippen LogP contribution in [0.1, 0.15) is 0 Å². The first kappa shape index (κ1) is 9.98. The van der Waals surface area contributed by atoms with E-state index in [1.54, 1.807) is 7.05 Å². The highest BCUT2D eigenvalue weighted by Gasteiger charge is 2.11. The Labute approximate surface area is 83.0 Å². The summed E-state index contributed by atoms with van der Waals surface area (Å²) in [5.74, 6) is -0.319. The molecule has 0 aliphatic rings. The van der Waals surface area contributed by atoms with Gasteiger partial charge in [-0.15, -0.1) is 0 Å². The summed E-state index contributed by atoms with van der Waals surface area (Å²) >= 11 is 3.13. The predicted octanol–water partition coefficient (Wildman–Crippen LogP) is 2.17. The molecule has 0 unspecified atom stereocenters. The molecule has 0 saturated heterocycles. The van der Waals surface area contributed by atoms with Gasteiger partial charge in [-0.3, -0.25) is 4.79 Å². The van der Waals surface area contributed by atoms with Gasteiger partial charge in [0.15, 0.2) is 5.75 Å². The van der Waals surface area contributed by atoms with Crippen LogP contribution in [0.5, 0.6) is 5.75 Å². The van der Waals surface area contributed by atoms with Crippen LogP contribution in [0, 0.1) is 5.82 Å². The van der Waals surface area contributed by atoms with Crippen molar-refractivity contribution >= 4 is 28.1 Å². The summed E-state index contributed by atoms with van der Waals surface area (Å²) in [6.45, 7) is 0.250. The highest BCUT2D eigenvalue weighted by molar-refractivity contribution is 9.10. The molecule has 0 spiro atoms. The Morgan fingerprint density at radius 3 is 2.85 bits per heavy atom. The molecular weight excluding hydrogens is 241 g/mol. The summed E-state index contributed by atoms with van der Waals surface area (Å²) in [7, 11) is 1.54. The first-order valence-electron chi connectivity index (χ1n) is 3.46. The van der Waals surface area contributed by atoms with Crippen molar-refractivity contribution in [2.75, 3.05) is 12.4 Å². The van der Waals surface area contributed by atoms with E-state index in [4.69, 9.17) is 0 Å². The molecule has 1 aromatic rings. The van der Waals surface area contributed by atoms with Crippen LogP contribution < -0.4 is 10.1 Å². The molecule has 70 valence electrons. The van der Waals surface area contributed by atoms with E-state index in [2.05, 4.69) is 26.0 Å². The van der Waals surface area contributed by atoms with Gasteiger partial charge in [-0.2, -0.15) is 0 Å². The Kier molecular flexibility index (Phi) is 3.25. The number of benzene rings is 1. The van der Waals surface area contributed by atoms with Crippen molar-refractivity contribution in [3.63, 3.8) is 0 Å². The second-order valence-electron chi connectivity index (χ2n) is 2.20. The summed E-state index contributed by atoms with van der Waals surface area (Å²) in [6.07, 6.45) is 0. The highest BCUT2D eigenvalue weighted by Crippen LogP contribution is 2.34. The van der Waals surface area contributed by atoms with Crippen LogP contribution in [0.25, 0.3) is 0 Å². The normalized spacial score (nSPS) is 9.46. The van der Waals surface area contributed by atoms with Gasteiger partial charge in [-0.05, 0) is 28.1 Å². The molecule has 1 N–H and O–H groups in total. The lowest BCUT2D eigenvalue weighted by molar-refractivity contribution is -0.120. The smallest absolute Gasteiger partial charge is 0.298 e. The van der Waals surface area contributed by atoms with Crippen LogP contribution in [0.2, 0.25) is 0 Å². The summed E-state index contributed by atoms with van der Waals surface area (Å²) in [5.41, 5.74) is 0.154. The van der Waals surface area contributed by atoms with Crippen LogP contribution in [0.4, 0.5) is 10.1 Å². The zero-order valence-corrected chi connectivity index (χ0v) is 8.39. The zero-order chi connectivity index (χ0) is 9.84. The molecule has 1 aromatic carbocycles. The fraction of sp³-hybridized carbons (Fsp3) is 0.125. The van der Waals surface area contributed by atoms with Crippen molar-refractivity contribution in [3.8, 4) is 5.75 Å². The van der Waals surface area contributed by atoms with Gasteiger partial charge >= 0.3 is 0 Å². The van der Waals surface area contributed by atoms with Gasteiger partial charge in [0, 0.05) is 7.05 Å². The van der Waals surface area contributed by atoms with E-state index in [1.807, 2.05) is 0 Å². The van der Waals surface area contributed by atoms with Crippen LogP contribution in [-0.2, 0) is 4.79 Å². The fourth-order valence-corrected chi connectivity index (χ4v) is 1.35. The van der Waals surface area contributed by atoms with E-state index in [0.29, 0.717) is 4.47 Å². The quantitative estimate of drug-likeness (QED) is 0.833. The Hall–Kier alpha value is -1.10. The predicted molar refractivity (Wildman–Crippen MR) is 50.3 cm³/mol. The molecule has 3 nitrogen and oxygen atoms in total. The van der Waals surface area contributed by atoms with Crippen molar-refractivity contribution in [1.82, 2.24) is 0 Å². The Bertz CT molecular complexity index is 330. The third-order valence-electron chi connectivity index (χ3n) is 1.47. The maximum absolute atomic E-state index is 13.1. The highest BCUT2D eigenvalue weighted by atomic mass is 79.9. The number of anilines is 1. The molecule has 13 heavy (non-hydrogen) atoms. The van der Waals surface area contributed by atoms with E-state index < -0.39 is 5.82 Å². The summed E-state index contributed by atoms with van der Waals surface area (Å²) in [5, 5.41) is 2.60. The summed E-state index contributed by atoms with van der Waals surface area (Å²) in [4.78, 5) is 10.1. The minimum atomic E-state index is -0.470. The topological polar surface area (TPSA) is 38.3 Å². The van der Waals surface area contributed by atoms with E-state index in [-0.39, 0.29) is 17.9 Å². The number of halogens is 2. The third kappa shape index (κ3) is 1.98. The van der Waals surface area contributed by atoms with Gasteiger partial charge in [0.1, 0.15) is 11.5 Å². The Morgan fingerprint density at radius 2 is 2.31 bits per heavy atom. The van der Waals surface area contributed by atoms with Crippen molar-refractivity contribution in [1.29, 1.82) is 0 Å². The molecule has 0 fully saturated rings. The number of hydrogen-bond donors (Lipinski definition) is 1. The van der Waals surface area contributed by atoms with Gasteiger partial charge in [-0.1, -0.05) is 0 Å². The number of hydrogen-bond acceptors (Lipinski definition) is 3. The number of carbonyl (C=O) groups excluding carboxylic acids is 1. The van der Waals surface area contributed by atoms with Crippen LogP contribution in [0.3, 0.4) is 0 Å². The summed E-state index contributed by atoms with van der Waals surface area (Å²) in [6, 6.07) is 2.74. The molecule has 0 bridgehead atoms. The Balaban J connectivity index is 3.25. The van der Waals surface area contributed by atoms with Crippen molar-refractivity contribution in [3.05, 3.63) is 22.4 Å². The van der Waals surface area contributed by atoms with Gasteiger partial charge in [0.05, 0.1) is 4.47 Å². The van der Waals surface area contributed by atoms with E-state index in [9.17, 15) is 9.18 Å². The third-order valence-corrected chi connectivity index (χ3v) is 2.10. The number of rotatable bonds is 3. The van der Waals surface area contributed by atoms with Crippen molar-refractivity contribution < 1.29 is 13.9 Å². The molecule has 0 aliphatic carbocycles. The number of ether oxygens (including phenoxy) is 1. The SMILES string of the molecule is CNc1c(F)ccc(Br)c1OC=O. The maximum Gasteiger partial charge on any atom is 0.298 e. The lowest BCUT2D eigenvalue weighted by Gasteiger charge is -2.09. The molecule has 0 radical (unpaired) electrons. The van der Waals surface area contributed by atoms with Crippen LogP contribution >= 0.6 is 15.9 Å². The largest absolute Gasteiger partial charge is 0.425 e. The van der Waals surface area contributed by atoms with Gasteiger partial charge in [-0.25, -0.2) is 4.39 Å². The minimum absolute atomic E-state index is 0.150. The van der Waals surface area contributed by atoms with E-state index in [0.717, 1.165) is 0 Å². The zero-order valence-electron chi connectivity index (χ0n) is 6.80. The fourth-order valence-electron chi connectivity index (χ4n) is 0.929. The minimum Gasteiger partial charge on any atom is -0.425 e. The molecule has 0 atom stereocenters. The average Bonchev–Trinajstić information content (AvgIpc) is 2.12. The standard InChI is InChI=1S/C8H7BrFNO2/c1-11-7-6(10)3-2-5(9)8(7)13-4-12/h2-4,11H,1H3. The molecule has 0 heterocycles. The molecule has 0 aliphatic heterocycles. The first-order chi connectivity index (χ1) is 6.20. The molecule has 1 rings (SSSR count). The van der Waals surface area contributed by atoms with Crippen molar-refractivity contribution in [2.45, 2.75) is 0 Å². The van der Waals surface area contributed by atoms with E-state index in [1.165, 1.54) is 12.1 Å². The Morgan fingerprint density at radius 1 is 1.62 bits per heavy atom.